The maximum Gasteiger partial charge on any atom is 0.259 e. The topological polar surface area (TPSA) is 46.9 Å². The predicted octanol–water partition coefficient (Wildman–Crippen LogP) is 4.70. The highest BCUT2D eigenvalue weighted by Crippen LogP contribution is 2.24. The predicted molar refractivity (Wildman–Crippen MR) is 96.7 cm³/mol. The zero-order valence-corrected chi connectivity index (χ0v) is 14.5. The first-order valence-electron chi connectivity index (χ1n) is 8.17. The molecule has 0 atom stereocenters. The Hall–Kier alpha value is -2.95. The first-order chi connectivity index (χ1) is 12.0. The van der Waals surface area contributed by atoms with E-state index in [-0.39, 0.29) is 17.6 Å². The fourth-order valence-electron chi connectivity index (χ4n) is 2.71. The van der Waals surface area contributed by atoms with Gasteiger partial charge in [0.05, 0.1) is 23.1 Å². The van der Waals surface area contributed by atoms with Gasteiger partial charge in [0, 0.05) is 5.69 Å². The maximum absolute atomic E-state index is 13.0. The van der Waals surface area contributed by atoms with Gasteiger partial charge in [0.25, 0.3) is 5.91 Å². The van der Waals surface area contributed by atoms with Crippen LogP contribution in [0, 0.1) is 12.7 Å². The number of nitrogens with one attached hydrogen (secondary N) is 1. The second kappa shape index (κ2) is 6.89. The molecule has 5 heteroatoms. The summed E-state index contributed by atoms with van der Waals surface area (Å²) in [5.41, 5.74) is 3.97. The molecule has 0 radical (unpaired) electrons. The minimum absolute atomic E-state index is 0.109. The van der Waals surface area contributed by atoms with Gasteiger partial charge in [-0.2, -0.15) is 5.10 Å². The molecule has 1 heterocycles. The summed E-state index contributed by atoms with van der Waals surface area (Å²) in [6, 6.07) is 13.7. The quantitative estimate of drug-likeness (QED) is 0.750. The van der Waals surface area contributed by atoms with Crippen LogP contribution in [0.25, 0.3) is 5.69 Å². The average Bonchev–Trinajstić information content (AvgIpc) is 3.03. The van der Waals surface area contributed by atoms with E-state index in [0.29, 0.717) is 11.3 Å². The molecule has 0 aliphatic carbocycles. The maximum atomic E-state index is 13.0. The summed E-state index contributed by atoms with van der Waals surface area (Å²) in [7, 11) is 0. The van der Waals surface area contributed by atoms with Gasteiger partial charge in [0.2, 0.25) is 0 Å². The molecule has 2 aromatic carbocycles. The standard InChI is InChI=1S/C20H20FN3O/c1-13(2)19-18(20(25)23-16-8-6-15(21)7-9-16)12-22-24(19)17-10-4-14(3)5-11-17/h4-13H,1-3H3,(H,23,25). The lowest BCUT2D eigenvalue weighted by Gasteiger charge is -2.13. The van der Waals surface area contributed by atoms with Crippen LogP contribution in [-0.4, -0.2) is 15.7 Å². The zero-order valence-electron chi connectivity index (χ0n) is 14.5. The number of halogens is 1. The van der Waals surface area contributed by atoms with Crippen LogP contribution in [0.2, 0.25) is 0 Å². The minimum Gasteiger partial charge on any atom is -0.322 e. The third-order valence-corrected chi connectivity index (χ3v) is 3.98. The number of aryl methyl sites for hydroxylation is 1. The summed E-state index contributed by atoms with van der Waals surface area (Å²) in [5.74, 6) is -0.487. The van der Waals surface area contributed by atoms with E-state index in [1.165, 1.54) is 24.3 Å². The molecule has 4 nitrogen and oxygen atoms in total. The molecule has 3 aromatic rings. The molecule has 0 saturated heterocycles. The number of benzene rings is 2. The Morgan fingerprint density at radius 1 is 1.08 bits per heavy atom. The van der Waals surface area contributed by atoms with Crippen molar-refractivity contribution in [2.24, 2.45) is 0 Å². The molecule has 1 amide bonds. The van der Waals surface area contributed by atoms with Crippen molar-refractivity contribution in [3.05, 3.63) is 77.4 Å². The van der Waals surface area contributed by atoms with Crippen LogP contribution >= 0.6 is 0 Å². The number of nitrogens with zero attached hydrogens (tertiary/aromatic N) is 2. The number of rotatable bonds is 4. The van der Waals surface area contributed by atoms with Crippen LogP contribution < -0.4 is 5.32 Å². The molecule has 0 unspecified atom stereocenters. The smallest absolute Gasteiger partial charge is 0.259 e. The molecule has 0 saturated carbocycles. The van der Waals surface area contributed by atoms with E-state index < -0.39 is 0 Å². The van der Waals surface area contributed by atoms with Gasteiger partial charge < -0.3 is 5.32 Å². The molecular formula is C20H20FN3O. The summed E-state index contributed by atoms with van der Waals surface area (Å²) >= 11 is 0. The lowest BCUT2D eigenvalue weighted by Crippen LogP contribution is -2.15. The van der Waals surface area contributed by atoms with E-state index >= 15 is 0 Å². The average molecular weight is 337 g/mol. The largest absolute Gasteiger partial charge is 0.322 e. The second-order valence-electron chi connectivity index (χ2n) is 6.31. The van der Waals surface area contributed by atoms with Crippen molar-refractivity contribution in [3.8, 4) is 5.69 Å². The van der Waals surface area contributed by atoms with E-state index in [2.05, 4.69) is 10.4 Å². The van der Waals surface area contributed by atoms with E-state index in [9.17, 15) is 9.18 Å². The normalized spacial score (nSPS) is 10.9. The van der Waals surface area contributed by atoms with Gasteiger partial charge in [0.15, 0.2) is 0 Å². The third kappa shape index (κ3) is 3.60. The van der Waals surface area contributed by atoms with Gasteiger partial charge in [0.1, 0.15) is 5.82 Å². The summed E-state index contributed by atoms with van der Waals surface area (Å²) in [5, 5.41) is 7.21. The Balaban J connectivity index is 1.94. The van der Waals surface area contributed by atoms with Gasteiger partial charge in [-0.1, -0.05) is 31.5 Å². The first-order valence-corrected chi connectivity index (χ1v) is 8.17. The van der Waals surface area contributed by atoms with Crippen molar-refractivity contribution in [1.82, 2.24) is 9.78 Å². The van der Waals surface area contributed by atoms with Gasteiger partial charge in [-0.05, 0) is 49.2 Å². The van der Waals surface area contributed by atoms with Gasteiger partial charge >= 0.3 is 0 Å². The first kappa shape index (κ1) is 16.9. The molecule has 0 aliphatic rings. The summed E-state index contributed by atoms with van der Waals surface area (Å²) < 4.78 is 14.8. The highest BCUT2D eigenvalue weighted by molar-refractivity contribution is 6.05. The van der Waals surface area contributed by atoms with Crippen LogP contribution in [0.3, 0.4) is 0 Å². The number of aromatic nitrogens is 2. The van der Waals surface area contributed by atoms with Crippen LogP contribution in [-0.2, 0) is 0 Å². The summed E-state index contributed by atoms with van der Waals surface area (Å²) in [6.45, 7) is 6.07. The van der Waals surface area contributed by atoms with E-state index in [1.807, 2.05) is 45.0 Å². The van der Waals surface area contributed by atoms with Crippen molar-refractivity contribution in [1.29, 1.82) is 0 Å². The molecule has 0 bridgehead atoms. The van der Waals surface area contributed by atoms with Crippen LogP contribution in [0.15, 0.2) is 54.7 Å². The monoisotopic (exact) mass is 337 g/mol. The number of carbonyl (C=O) groups excluding carboxylic acids is 1. The number of anilines is 1. The van der Waals surface area contributed by atoms with E-state index in [0.717, 1.165) is 16.9 Å². The molecule has 1 N–H and O–H groups in total. The Bertz CT molecular complexity index is 880. The van der Waals surface area contributed by atoms with Gasteiger partial charge in [-0.3, -0.25) is 4.79 Å². The molecule has 25 heavy (non-hydrogen) atoms. The molecule has 3 rings (SSSR count). The third-order valence-electron chi connectivity index (χ3n) is 3.98. The molecule has 1 aromatic heterocycles. The SMILES string of the molecule is Cc1ccc(-n2ncc(C(=O)Nc3ccc(F)cc3)c2C(C)C)cc1. The summed E-state index contributed by atoms with van der Waals surface area (Å²) in [6.07, 6.45) is 1.58. The highest BCUT2D eigenvalue weighted by atomic mass is 19.1. The van der Waals surface area contributed by atoms with Crippen molar-refractivity contribution in [3.63, 3.8) is 0 Å². The fourth-order valence-corrected chi connectivity index (χ4v) is 2.71. The number of amides is 1. The fraction of sp³-hybridized carbons (Fsp3) is 0.200. The van der Waals surface area contributed by atoms with E-state index in [4.69, 9.17) is 0 Å². The molecule has 0 aliphatic heterocycles. The highest BCUT2D eigenvalue weighted by Gasteiger charge is 2.21. The number of hydrogen-bond acceptors (Lipinski definition) is 2. The van der Waals surface area contributed by atoms with Gasteiger partial charge in [-0.25, -0.2) is 9.07 Å². The lowest BCUT2D eigenvalue weighted by molar-refractivity contribution is 0.102. The Kier molecular flexibility index (Phi) is 4.65. The van der Waals surface area contributed by atoms with Crippen molar-refractivity contribution >= 4 is 11.6 Å². The Labute approximate surface area is 146 Å². The molecule has 0 spiro atoms. The Morgan fingerprint density at radius 2 is 1.72 bits per heavy atom. The van der Waals surface area contributed by atoms with Crippen molar-refractivity contribution in [2.45, 2.75) is 26.7 Å². The molecular weight excluding hydrogens is 317 g/mol. The molecule has 128 valence electrons. The second-order valence-corrected chi connectivity index (χ2v) is 6.31. The molecule has 0 fully saturated rings. The van der Waals surface area contributed by atoms with Crippen LogP contribution in [0.5, 0.6) is 0 Å². The van der Waals surface area contributed by atoms with Crippen molar-refractivity contribution in [2.75, 3.05) is 5.32 Å². The summed E-state index contributed by atoms with van der Waals surface area (Å²) in [4.78, 5) is 12.7. The van der Waals surface area contributed by atoms with E-state index in [1.54, 1.807) is 10.9 Å². The minimum atomic E-state index is -0.340. The van der Waals surface area contributed by atoms with Crippen LogP contribution in [0.4, 0.5) is 10.1 Å². The van der Waals surface area contributed by atoms with Crippen LogP contribution in [0.1, 0.15) is 41.4 Å². The zero-order chi connectivity index (χ0) is 18.0. The Morgan fingerprint density at radius 3 is 2.32 bits per heavy atom. The van der Waals surface area contributed by atoms with Gasteiger partial charge in [-0.15, -0.1) is 0 Å². The number of hydrogen-bond donors (Lipinski definition) is 1. The lowest BCUT2D eigenvalue weighted by atomic mass is 10.0. The van der Waals surface area contributed by atoms with Crippen molar-refractivity contribution < 1.29 is 9.18 Å². The number of carbonyl (C=O) groups is 1.